The number of amides is 1. The maximum absolute atomic E-state index is 13.2. The number of hydrogen-bond donors (Lipinski definition) is 0. The van der Waals surface area contributed by atoms with Gasteiger partial charge in [-0.15, -0.1) is 0 Å². The predicted octanol–water partition coefficient (Wildman–Crippen LogP) is 3.82. The van der Waals surface area contributed by atoms with Crippen LogP contribution in [0.25, 0.3) is 22.6 Å². The van der Waals surface area contributed by atoms with Crippen molar-refractivity contribution in [2.24, 2.45) is 0 Å². The Balaban J connectivity index is 1.27. The molecule has 0 aliphatic carbocycles. The van der Waals surface area contributed by atoms with Gasteiger partial charge in [0.15, 0.2) is 11.4 Å². The number of carbonyl (C=O) groups is 1. The van der Waals surface area contributed by atoms with Gasteiger partial charge in [-0.1, -0.05) is 6.07 Å². The summed E-state index contributed by atoms with van der Waals surface area (Å²) in [7, 11) is 0. The molecule has 0 unspecified atom stereocenters. The predicted molar refractivity (Wildman–Crippen MR) is 130 cm³/mol. The number of pyridine rings is 1. The van der Waals surface area contributed by atoms with Crippen LogP contribution in [0.3, 0.4) is 0 Å². The summed E-state index contributed by atoms with van der Waals surface area (Å²) in [5, 5.41) is 4.62. The summed E-state index contributed by atoms with van der Waals surface area (Å²) in [6.45, 7) is 12.7. The van der Waals surface area contributed by atoms with Crippen LogP contribution < -0.4 is 4.90 Å². The van der Waals surface area contributed by atoms with Gasteiger partial charge in [0.05, 0.1) is 5.54 Å². The van der Waals surface area contributed by atoms with Gasteiger partial charge in [-0.3, -0.25) is 4.79 Å². The molecule has 176 valence electrons. The SMILES string of the molecule is Cc1ccc2oc(N3CCN(C(=O)c4ccc(-c5ncn(C(C)(C)C)n5)c(C)c4)CC3)nc2n1. The van der Waals surface area contributed by atoms with Crippen LogP contribution in [-0.2, 0) is 5.54 Å². The van der Waals surface area contributed by atoms with Gasteiger partial charge in [-0.05, 0) is 64.4 Å². The summed E-state index contributed by atoms with van der Waals surface area (Å²) in [4.78, 5) is 30.5. The number of nitrogens with zero attached hydrogens (tertiary/aromatic N) is 7. The first-order chi connectivity index (χ1) is 16.2. The molecule has 0 spiro atoms. The number of aromatic nitrogens is 5. The quantitative estimate of drug-likeness (QED) is 0.460. The summed E-state index contributed by atoms with van der Waals surface area (Å²) in [6, 6.07) is 10.1. The molecular weight excluding hydrogens is 430 g/mol. The number of rotatable bonds is 3. The van der Waals surface area contributed by atoms with Crippen molar-refractivity contribution < 1.29 is 9.21 Å². The molecule has 0 atom stereocenters. The Morgan fingerprint density at radius 3 is 2.44 bits per heavy atom. The molecule has 3 aromatic heterocycles. The summed E-state index contributed by atoms with van der Waals surface area (Å²) >= 11 is 0. The zero-order chi connectivity index (χ0) is 24.0. The Bertz CT molecular complexity index is 1360. The molecule has 1 saturated heterocycles. The number of hydrogen-bond acceptors (Lipinski definition) is 7. The van der Waals surface area contributed by atoms with Crippen molar-refractivity contribution in [3.05, 3.63) is 53.5 Å². The van der Waals surface area contributed by atoms with Crippen LogP contribution in [0.4, 0.5) is 6.01 Å². The maximum Gasteiger partial charge on any atom is 0.300 e. The molecule has 1 fully saturated rings. The van der Waals surface area contributed by atoms with Crippen LogP contribution in [0.15, 0.2) is 41.1 Å². The van der Waals surface area contributed by atoms with Crippen LogP contribution >= 0.6 is 0 Å². The number of carbonyl (C=O) groups excluding carboxylic acids is 1. The highest BCUT2D eigenvalue weighted by Crippen LogP contribution is 2.25. The standard InChI is InChI=1S/C25H29N7O2/c1-16-14-18(7-8-19(16)21-26-15-32(29-21)25(3,4)5)23(33)30-10-12-31(13-11-30)24-28-22-20(34-24)9-6-17(2)27-22/h6-9,14-15H,10-13H2,1-5H3. The van der Waals surface area contributed by atoms with Gasteiger partial charge in [-0.25, -0.2) is 14.6 Å². The molecule has 4 aromatic rings. The summed E-state index contributed by atoms with van der Waals surface area (Å²) in [5.41, 5.74) is 4.65. The van der Waals surface area contributed by atoms with E-state index in [1.165, 1.54) is 0 Å². The Labute approximate surface area is 198 Å². The van der Waals surface area contributed by atoms with Gasteiger partial charge in [0.25, 0.3) is 11.9 Å². The lowest BCUT2D eigenvalue weighted by atomic mass is 10.0. The van der Waals surface area contributed by atoms with Gasteiger partial charge in [-0.2, -0.15) is 10.1 Å². The topological polar surface area (TPSA) is 93.2 Å². The van der Waals surface area contributed by atoms with Crippen LogP contribution in [-0.4, -0.2) is 61.7 Å². The molecule has 9 nitrogen and oxygen atoms in total. The van der Waals surface area contributed by atoms with Crippen LogP contribution in [0.2, 0.25) is 0 Å². The van der Waals surface area contributed by atoms with E-state index >= 15 is 0 Å². The van der Waals surface area contributed by atoms with Crippen molar-refractivity contribution in [3.63, 3.8) is 0 Å². The van der Waals surface area contributed by atoms with Crippen molar-refractivity contribution in [1.29, 1.82) is 0 Å². The fourth-order valence-corrected chi connectivity index (χ4v) is 4.08. The van der Waals surface area contributed by atoms with Crippen LogP contribution in [0, 0.1) is 13.8 Å². The molecule has 9 heteroatoms. The second kappa shape index (κ2) is 8.23. The van der Waals surface area contributed by atoms with Gasteiger partial charge in [0, 0.05) is 43.0 Å². The highest BCUT2D eigenvalue weighted by atomic mass is 16.4. The fourth-order valence-electron chi connectivity index (χ4n) is 4.08. The van der Waals surface area contributed by atoms with E-state index in [1.807, 2.05) is 53.8 Å². The molecule has 0 N–H and O–H groups in total. The van der Waals surface area contributed by atoms with E-state index in [4.69, 9.17) is 4.42 Å². The second-order valence-electron chi connectivity index (χ2n) is 9.76. The second-order valence-corrected chi connectivity index (χ2v) is 9.76. The van der Waals surface area contributed by atoms with Crippen molar-refractivity contribution in [2.75, 3.05) is 31.1 Å². The minimum absolute atomic E-state index is 0.0253. The van der Waals surface area contributed by atoms with Crippen molar-refractivity contribution in [3.8, 4) is 11.4 Å². The first-order valence-electron chi connectivity index (χ1n) is 11.5. The molecule has 1 aliphatic rings. The number of benzene rings is 1. The van der Waals surface area contributed by atoms with E-state index in [9.17, 15) is 4.79 Å². The molecule has 1 aliphatic heterocycles. The number of fused-ring (bicyclic) bond motifs is 1. The van der Waals surface area contributed by atoms with E-state index in [0.29, 0.717) is 54.8 Å². The Hall–Kier alpha value is -3.75. The van der Waals surface area contributed by atoms with Gasteiger partial charge in [0.1, 0.15) is 6.33 Å². The molecule has 0 radical (unpaired) electrons. The van der Waals surface area contributed by atoms with E-state index in [2.05, 4.69) is 45.7 Å². The fraction of sp³-hybridized carbons (Fsp3) is 0.400. The Morgan fingerprint density at radius 2 is 1.76 bits per heavy atom. The zero-order valence-electron chi connectivity index (χ0n) is 20.2. The molecule has 5 rings (SSSR count). The molecule has 0 saturated carbocycles. The summed E-state index contributed by atoms with van der Waals surface area (Å²) in [6.07, 6.45) is 1.75. The summed E-state index contributed by atoms with van der Waals surface area (Å²) < 4.78 is 7.73. The highest BCUT2D eigenvalue weighted by molar-refractivity contribution is 5.95. The average Bonchev–Trinajstić information content (AvgIpc) is 3.46. The van der Waals surface area contributed by atoms with Gasteiger partial charge in [0.2, 0.25) is 5.65 Å². The van der Waals surface area contributed by atoms with E-state index in [0.717, 1.165) is 16.8 Å². The van der Waals surface area contributed by atoms with Crippen molar-refractivity contribution in [1.82, 2.24) is 29.6 Å². The van der Waals surface area contributed by atoms with Crippen LogP contribution in [0.5, 0.6) is 0 Å². The number of piperazine rings is 1. The number of oxazole rings is 1. The lowest BCUT2D eigenvalue weighted by molar-refractivity contribution is 0.0745. The van der Waals surface area contributed by atoms with E-state index < -0.39 is 0 Å². The maximum atomic E-state index is 13.2. The van der Waals surface area contributed by atoms with Crippen molar-refractivity contribution in [2.45, 2.75) is 40.2 Å². The minimum Gasteiger partial charge on any atom is -0.422 e. The third-order valence-electron chi connectivity index (χ3n) is 6.11. The smallest absolute Gasteiger partial charge is 0.300 e. The highest BCUT2D eigenvalue weighted by Gasteiger charge is 2.26. The lowest BCUT2D eigenvalue weighted by Gasteiger charge is -2.33. The third-order valence-corrected chi connectivity index (χ3v) is 6.11. The minimum atomic E-state index is -0.134. The van der Waals surface area contributed by atoms with Crippen molar-refractivity contribution >= 4 is 23.2 Å². The molecular formula is C25H29N7O2. The third kappa shape index (κ3) is 4.13. The molecule has 0 bridgehead atoms. The monoisotopic (exact) mass is 459 g/mol. The molecule has 1 aromatic carbocycles. The van der Waals surface area contributed by atoms with E-state index in [-0.39, 0.29) is 11.4 Å². The largest absolute Gasteiger partial charge is 0.422 e. The summed E-state index contributed by atoms with van der Waals surface area (Å²) in [5.74, 6) is 0.695. The van der Waals surface area contributed by atoms with Crippen LogP contribution in [0.1, 0.15) is 42.4 Å². The molecule has 1 amide bonds. The Morgan fingerprint density at radius 1 is 1.00 bits per heavy atom. The Kier molecular flexibility index (Phi) is 5.34. The van der Waals surface area contributed by atoms with E-state index in [1.54, 1.807) is 6.33 Å². The van der Waals surface area contributed by atoms with Gasteiger partial charge >= 0.3 is 0 Å². The number of anilines is 1. The lowest BCUT2D eigenvalue weighted by Crippen LogP contribution is -2.48. The molecule has 34 heavy (non-hydrogen) atoms. The average molecular weight is 460 g/mol. The van der Waals surface area contributed by atoms with Gasteiger partial charge < -0.3 is 14.2 Å². The number of aryl methyl sites for hydroxylation is 2. The zero-order valence-corrected chi connectivity index (χ0v) is 20.2. The first kappa shape index (κ1) is 22.1. The first-order valence-corrected chi connectivity index (χ1v) is 11.5. The normalized spacial score (nSPS) is 14.7. The molecule has 4 heterocycles.